The number of carbonyl (C=O) groups is 3. The number of aryl methyl sites for hydroxylation is 2. The van der Waals surface area contributed by atoms with Gasteiger partial charge in [0.2, 0.25) is 0 Å². The Morgan fingerprint density at radius 1 is 1.14 bits per heavy atom. The number of ether oxygens (including phenoxy) is 2. The molecule has 1 heterocycles. The third-order valence-corrected chi connectivity index (χ3v) is 5.70. The van der Waals surface area contributed by atoms with Crippen molar-refractivity contribution in [2.45, 2.75) is 33.1 Å². The van der Waals surface area contributed by atoms with Crippen LogP contribution in [0, 0.1) is 6.92 Å². The lowest BCUT2D eigenvalue weighted by molar-refractivity contribution is -0.142. The number of rotatable bonds is 7. The van der Waals surface area contributed by atoms with Gasteiger partial charge >= 0.3 is 11.9 Å². The SMILES string of the molecule is CCOC(=O)c1c(NC(=O)COC(=O)/C=C/c2ccc(C)cc2)sc2c1CCC2. The van der Waals surface area contributed by atoms with Crippen molar-refractivity contribution in [1.82, 2.24) is 0 Å². The van der Waals surface area contributed by atoms with Crippen molar-refractivity contribution in [2.75, 3.05) is 18.5 Å². The number of thiophene rings is 1. The van der Waals surface area contributed by atoms with Crippen LogP contribution in [0.4, 0.5) is 5.00 Å². The number of fused-ring (bicyclic) bond motifs is 1. The Balaban J connectivity index is 1.57. The first kappa shape index (κ1) is 20.8. The number of esters is 2. The molecule has 1 aromatic carbocycles. The van der Waals surface area contributed by atoms with Gasteiger partial charge in [0.1, 0.15) is 5.00 Å². The standard InChI is InChI=1S/C22H23NO5S/c1-3-27-22(26)20-16-5-4-6-17(16)29-21(20)23-18(24)13-28-19(25)12-11-15-9-7-14(2)8-10-15/h7-12H,3-6,13H2,1-2H3,(H,23,24)/b12-11+. The summed E-state index contributed by atoms with van der Waals surface area (Å²) in [5.41, 5.74) is 3.39. The first-order valence-corrected chi connectivity index (χ1v) is 10.3. The van der Waals surface area contributed by atoms with E-state index in [0.717, 1.165) is 40.8 Å². The van der Waals surface area contributed by atoms with Gasteiger partial charge in [-0.2, -0.15) is 0 Å². The summed E-state index contributed by atoms with van der Waals surface area (Å²) in [6, 6.07) is 7.66. The zero-order chi connectivity index (χ0) is 20.8. The van der Waals surface area contributed by atoms with Gasteiger partial charge < -0.3 is 14.8 Å². The molecule has 0 radical (unpaired) electrons. The molecule has 0 unspecified atom stereocenters. The van der Waals surface area contributed by atoms with Gasteiger partial charge in [-0.15, -0.1) is 11.3 Å². The van der Waals surface area contributed by atoms with E-state index in [1.54, 1.807) is 13.0 Å². The van der Waals surface area contributed by atoms with E-state index in [4.69, 9.17) is 9.47 Å². The van der Waals surface area contributed by atoms with E-state index in [1.165, 1.54) is 17.4 Å². The first-order chi connectivity index (χ1) is 14.0. The molecule has 1 N–H and O–H groups in total. The highest BCUT2D eigenvalue weighted by molar-refractivity contribution is 7.17. The maximum atomic E-state index is 12.3. The van der Waals surface area contributed by atoms with E-state index in [9.17, 15) is 14.4 Å². The number of benzene rings is 1. The van der Waals surface area contributed by atoms with Crippen LogP contribution in [0.15, 0.2) is 30.3 Å². The van der Waals surface area contributed by atoms with Crippen molar-refractivity contribution in [2.24, 2.45) is 0 Å². The molecule has 0 bridgehead atoms. The molecule has 1 aliphatic carbocycles. The second-order valence-corrected chi connectivity index (χ2v) is 7.79. The van der Waals surface area contributed by atoms with E-state index < -0.39 is 24.5 Å². The molecule has 6 nitrogen and oxygen atoms in total. The predicted molar refractivity (Wildman–Crippen MR) is 112 cm³/mol. The molecule has 7 heteroatoms. The minimum atomic E-state index is -0.611. The van der Waals surface area contributed by atoms with Crippen molar-refractivity contribution in [3.63, 3.8) is 0 Å². The topological polar surface area (TPSA) is 81.7 Å². The zero-order valence-electron chi connectivity index (χ0n) is 16.4. The molecular formula is C22H23NO5S. The molecule has 29 heavy (non-hydrogen) atoms. The van der Waals surface area contributed by atoms with Crippen molar-refractivity contribution in [3.05, 3.63) is 57.5 Å². The van der Waals surface area contributed by atoms with E-state index in [1.807, 2.05) is 31.2 Å². The van der Waals surface area contributed by atoms with E-state index >= 15 is 0 Å². The summed E-state index contributed by atoms with van der Waals surface area (Å²) in [5, 5.41) is 3.15. The van der Waals surface area contributed by atoms with Gasteiger partial charge in [-0.1, -0.05) is 29.8 Å². The van der Waals surface area contributed by atoms with Crippen LogP contribution in [-0.2, 0) is 31.9 Å². The lowest BCUT2D eigenvalue weighted by Gasteiger charge is -2.08. The van der Waals surface area contributed by atoms with Crippen LogP contribution in [0.3, 0.4) is 0 Å². The quantitative estimate of drug-likeness (QED) is 0.550. The van der Waals surface area contributed by atoms with Crippen LogP contribution in [0.5, 0.6) is 0 Å². The molecule has 0 aliphatic heterocycles. The summed E-state index contributed by atoms with van der Waals surface area (Å²) in [6.45, 7) is 3.56. The zero-order valence-corrected chi connectivity index (χ0v) is 17.3. The number of hydrogen-bond acceptors (Lipinski definition) is 6. The summed E-state index contributed by atoms with van der Waals surface area (Å²) in [7, 11) is 0. The summed E-state index contributed by atoms with van der Waals surface area (Å²) in [6.07, 6.45) is 5.59. The Bertz CT molecular complexity index is 943. The highest BCUT2D eigenvalue weighted by Crippen LogP contribution is 2.39. The molecular weight excluding hydrogens is 390 g/mol. The van der Waals surface area contributed by atoms with Crippen molar-refractivity contribution in [1.29, 1.82) is 0 Å². The summed E-state index contributed by atoms with van der Waals surface area (Å²) < 4.78 is 10.1. The van der Waals surface area contributed by atoms with Crippen LogP contribution >= 0.6 is 11.3 Å². The van der Waals surface area contributed by atoms with Gasteiger partial charge in [-0.25, -0.2) is 9.59 Å². The molecule has 2 aromatic rings. The average Bonchev–Trinajstić information content (AvgIpc) is 3.26. The predicted octanol–water partition coefficient (Wildman–Crippen LogP) is 3.92. The third kappa shape index (κ3) is 5.32. The van der Waals surface area contributed by atoms with Crippen molar-refractivity contribution in [3.8, 4) is 0 Å². The van der Waals surface area contributed by atoms with Crippen LogP contribution in [0.2, 0.25) is 0 Å². The molecule has 3 rings (SSSR count). The monoisotopic (exact) mass is 413 g/mol. The molecule has 0 saturated carbocycles. The number of hydrogen-bond donors (Lipinski definition) is 1. The van der Waals surface area contributed by atoms with Gasteiger partial charge in [0.25, 0.3) is 5.91 Å². The summed E-state index contributed by atoms with van der Waals surface area (Å²) in [4.78, 5) is 37.5. The fraction of sp³-hybridized carbons (Fsp3) is 0.318. The Hall–Kier alpha value is -2.93. The highest BCUT2D eigenvalue weighted by atomic mass is 32.1. The highest BCUT2D eigenvalue weighted by Gasteiger charge is 2.28. The average molecular weight is 413 g/mol. The smallest absolute Gasteiger partial charge is 0.341 e. The van der Waals surface area contributed by atoms with Crippen LogP contribution in [-0.4, -0.2) is 31.1 Å². The van der Waals surface area contributed by atoms with Gasteiger partial charge in [0.05, 0.1) is 12.2 Å². The number of carbonyl (C=O) groups excluding carboxylic acids is 3. The number of amides is 1. The summed E-state index contributed by atoms with van der Waals surface area (Å²) >= 11 is 1.39. The Morgan fingerprint density at radius 3 is 2.62 bits per heavy atom. The molecule has 1 amide bonds. The van der Waals surface area contributed by atoms with Gasteiger partial charge in [0, 0.05) is 11.0 Å². The van der Waals surface area contributed by atoms with E-state index in [0.29, 0.717) is 10.6 Å². The van der Waals surface area contributed by atoms with Gasteiger partial charge in [-0.05, 0) is 50.3 Å². The minimum absolute atomic E-state index is 0.266. The van der Waals surface area contributed by atoms with E-state index in [2.05, 4.69) is 5.32 Å². The molecule has 0 fully saturated rings. The van der Waals surface area contributed by atoms with Gasteiger partial charge in [-0.3, -0.25) is 4.79 Å². The second-order valence-electron chi connectivity index (χ2n) is 6.68. The molecule has 0 atom stereocenters. The number of nitrogens with one attached hydrogen (secondary N) is 1. The lowest BCUT2D eigenvalue weighted by Crippen LogP contribution is -2.21. The molecule has 0 spiro atoms. The Labute approximate surface area is 173 Å². The Morgan fingerprint density at radius 2 is 1.90 bits per heavy atom. The van der Waals surface area contributed by atoms with Crippen LogP contribution in [0.1, 0.15) is 45.3 Å². The molecule has 152 valence electrons. The largest absolute Gasteiger partial charge is 0.462 e. The Kier molecular flexibility index (Phi) is 6.82. The maximum absolute atomic E-state index is 12.3. The fourth-order valence-electron chi connectivity index (χ4n) is 3.10. The molecule has 1 aromatic heterocycles. The first-order valence-electron chi connectivity index (χ1n) is 9.51. The molecule has 0 saturated heterocycles. The van der Waals surface area contributed by atoms with Crippen molar-refractivity contribution < 1.29 is 23.9 Å². The lowest BCUT2D eigenvalue weighted by atomic mass is 10.1. The van der Waals surface area contributed by atoms with Gasteiger partial charge in [0.15, 0.2) is 6.61 Å². The van der Waals surface area contributed by atoms with Crippen molar-refractivity contribution >= 4 is 40.3 Å². The number of anilines is 1. The third-order valence-electron chi connectivity index (χ3n) is 4.49. The van der Waals surface area contributed by atoms with E-state index in [-0.39, 0.29) is 6.61 Å². The minimum Gasteiger partial charge on any atom is -0.462 e. The van der Waals surface area contributed by atoms with Crippen LogP contribution < -0.4 is 5.32 Å². The summed E-state index contributed by atoms with van der Waals surface area (Å²) in [5.74, 6) is -1.53. The van der Waals surface area contributed by atoms with Crippen LogP contribution in [0.25, 0.3) is 6.08 Å². The normalized spacial score (nSPS) is 12.6. The molecule has 1 aliphatic rings. The fourth-order valence-corrected chi connectivity index (χ4v) is 4.39. The second kappa shape index (κ2) is 9.52. The maximum Gasteiger partial charge on any atom is 0.341 e.